The highest BCUT2D eigenvalue weighted by Gasteiger charge is 2.30. The summed E-state index contributed by atoms with van der Waals surface area (Å²) in [5, 5.41) is 3.93. The monoisotopic (exact) mass is 390 g/mol. The highest BCUT2D eigenvalue weighted by Crippen LogP contribution is 2.22. The number of thiophene rings is 1. The van der Waals surface area contributed by atoms with Gasteiger partial charge in [-0.3, -0.25) is 4.79 Å². The molecule has 1 fully saturated rings. The van der Waals surface area contributed by atoms with Gasteiger partial charge in [-0.2, -0.15) is 15.6 Å². The van der Waals surface area contributed by atoms with E-state index < -0.39 is 10.0 Å². The van der Waals surface area contributed by atoms with Crippen LogP contribution in [0, 0.1) is 13.8 Å². The van der Waals surface area contributed by atoms with Crippen molar-refractivity contribution < 1.29 is 13.2 Å². The molecule has 0 unspecified atom stereocenters. The van der Waals surface area contributed by atoms with Crippen LogP contribution in [-0.2, 0) is 14.8 Å². The van der Waals surface area contributed by atoms with Gasteiger partial charge in [-0.25, -0.2) is 8.42 Å². The van der Waals surface area contributed by atoms with Crippen molar-refractivity contribution >= 4 is 33.3 Å². The van der Waals surface area contributed by atoms with Gasteiger partial charge < -0.3 is 4.90 Å². The van der Waals surface area contributed by atoms with Crippen molar-refractivity contribution in [2.45, 2.75) is 18.7 Å². The molecule has 1 saturated heterocycles. The highest BCUT2D eigenvalue weighted by atomic mass is 32.2. The first-order valence-electron chi connectivity index (χ1n) is 8.44. The van der Waals surface area contributed by atoms with Crippen molar-refractivity contribution in [2.24, 2.45) is 0 Å². The number of amides is 1. The number of aryl methyl sites for hydroxylation is 2. The van der Waals surface area contributed by atoms with E-state index >= 15 is 0 Å². The molecule has 5 nitrogen and oxygen atoms in total. The molecular weight excluding hydrogens is 368 g/mol. The first-order chi connectivity index (χ1) is 12.4. The average Bonchev–Trinajstić information content (AvgIpc) is 3.13. The zero-order valence-electron chi connectivity index (χ0n) is 14.9. The van der Waals surface area contributed by atoms with E-state index in [0.717, 1.165) is 16.7 Å². The molecule has 1 aromatic heterocycles. The highest BCUT2D eigenvalue weighted by molar-refractivity contribution is 7.89. The SMILES string of the molecule is Cc1ccc(S(=O)(=O)N2CCN(C(=O)C=Cc3ccsc3)CC2)c(C)c1. The van der Waals surface area contributed by atoms with E-state index in [4.69, 9.17) is 0 Å². The topological polar surface area (TPSA) is 57.7 Å². The Balaban J connectivity index is 1.65. The smallest absolute Gasteiger partial charge is 0.246 e. The molecule has 0 spiro atoms. The van der Waals surface area contributed by atoms with Crippen LogP contribution >= 0.6 is 11.3 Å². The minimum absolute atomic E-state index is 0.0836. The molecule has 2 heterocycles. The van der Waals surface area contributed by atoms with E-state index in [1.54, 1.807) is 34.5 Å². The predicted molar refractivity (Wildman–Crippen MR) is 105 cm³/mol. The van der Waals surface area contributed by atoms with Crippen LogP contribution in [0.4, 0.5) is 0 Å². The lowest BCUT2D eigenvalue weighted by Crippen LogP contribution is -2.50. The maximum atomic E-state index is 12.9. The largest absolute Gasteiger partial charge is 0.337 e. The Labute approximate surface area is 158 Å². The summed E-state index contributed by atoms with van der Waals surface area (Å²) >= 11 is 1.58. The Kier molecular flexibility index (Phi) is 5.60. The number of hydrogen-bond acceptors (Lipinski definition) is 4. The third-order valence-electron chi connectivity index (χ3n) is 4.46. The molecule has 26 heavy (non-hydrogen) atoms. The minimum atomic E-state index is -3.53. The van der Waals surface area contributed by atoms with E-state index in [0.29, 0.717) is 31.1 Å². The normalized spacial score (nSPS) is 16.3. The quantitative estimate of drug-likeness (QED) is 0.755. The standard InChI is InChI=1S/C19H22N2O3S2/c1-15-3-5-18(16(2)13-15)26(23,24)21-10-8-20(9-11-21)19(22)6-4-17-7-12-25-14-17/h3-7,12-14H,8-11H2,1-2H3. The van der Waals surface area contributed by atoms with E-state index in [9.17, 15) is 13.2 Å². The van der Waals surface area contributed by atoms with Gasteiger partial charge in [0.15, 0.2) is 0 Å². The molecule has 138 valence electrons. The molecular formula is C19H22N2O3S2. The Bertz CT molecular complexity index is 910. The summed E-state index contributed by atoms with van der Waals surface area (Å²) < 4.78 is 27.2. The van der Waals surface area contributed by atoms with Crippen LogP contribution in [0.3, 0.4) is 0 Å². The molecule has 0 radical (unpaired) electrons. The number of nitrogens with zero attached hydrogens (tertiary/aromatic N) is 2. The van der Waals surface area contributed by atoms with Gasteiger partial charge in [-0.15, -0.1) is 0 Å². The number of benzene rings is 1. The van der Waals surface area contributed by atoms with Gasteiger partial charge in [0.1, 0.15) is 0 Å². The fourth-order valence-corrected chi connectivity index (χ4v) is 5.28. The van der Waals surface area contributed by atoms with Crippen LogP contribution in [0.1, 0.15) is 16.7 Å². The number of hydrogen-bond donors (Lipinski definition) is 0. The summed E-state index contributed by atoms with van der Waals surface area (Å²) in [6.45, 7) is 5.18. The lowest BCUT2D eigenvalue weighted by Gasteiger charge is -2.33. The van der Waals surface area contributed by atoms with Gasteiger partial charge in [0.2, 0.25) is 15.9 Å². The first-order valence-corrected chi connectivity index (χ1v) is 10.8. The Morgan fingerprint density at radius 3 is 2.46 bits per heavy atom. The number of piperazine rings is 1. The lowest BCUT2D eigenvalue weighted by molar-refractivity contribution is -0.127. The van der Waals surface area contributed by atoms with Crippen molar-refractivity contribution in [3.8, 4) is 0 Å². The van der Waals surface area contributed by atoms with E-state index in [2.05, 4.69) is 0 Å². The molecule has 7 heteroatoms. The van der Waals surface area contributed by atoms with Gasteiger partial charge in [0, 0.05) is 32.3 Å². The fraction of sp³-hybridized carbons (Fsp3) is 0.316. The van der Waals surface area contributed by atoms with Gasteiger partial charge >= 0.3 is 0 Å². The predicted octanol–water partition coefficient (Wildman–Crippen LogP) is 2.91. The second kappa shape index (κ2) is 7.73. The molecule has 1 aliphatic rings. The summed E-state index contributed by atoms with van der Waals surface area (Å²) in [6.07, 6.45) is 3.34. The summed E-state index contributed by atoms with van der Waals surface area (Å²) in [5.41, 5.74) is 2.79. The second-order valence-electron chi connectivity index (χ2n) is 6.39. The van der Waals surface area contributed by atoms with Crippen molar-refractivity contribution in [2.75, 3.05) is 26.2 Å². The van der Waals surface area contributed by atoms with Crippen molar-refractivity contribution in [1.82, 2.24) is 9.21 Å². The Hall–Kier alpha value is -1.96. The summed E-state index contributed by atoms with van der Waals surface area (Å²) in [5.74, 6) is -0.0836. The van der Waals surface area contributed by atoms with Crippen molar-refractivity contribution in [1.29, 1.82) is 0 Å². The lowest BCUT2D eigenvalue weighted by atomic mass is 10.2. The number of rotatable bonds is 4. The molecule has 1 aromatic carbocycles. The van der Waals surface area contributed by atoms with Gasteiger partial charge in [-0.1, -0.05) is 17.7 Å². The van der Waals surface area contributed by atoms with E-state index in [1.807, 2.05) is 42.8 Å². The van der Waals surface area contributed by atoms with Crippen molar-refractivity contribution in [3.63, 3.8) is 0 Å². The maximum Gasteiger partial charge on any atom is 0.246 e. The summed E-state index contributed by atoms with van der Waals surface area (Å²) in [4.78, 5) is 14.3. The number of carbonyl (C=O) groups is 1. The minimum Gasteiger partial charge on any atom is -0.337 e. The van der Waals surface area contributed by atoms with E-state index in [-0.39, 0.29) is 5.91 Å². The third-order valence-corrected chi connectivity index (χ3v) is 7.22. The fourth-order valence-electron chi connectivity index (χ4n) is 3.02. The Morgan fingerprint density at radius 1 is 1.12 bits per heavy atom. The summed E-state index contributed by atoms with van der Waals surface area (Å²) in [7, 11) is -3.53. The zero-order chi connectivity index (χ0) is 18.7. The molecule has 0 bridgehead atoms. The van der Waals surface area contributed by atoms with Crippen LogP contribution in [0.2, 0.25) is 0 Å². The van der Waals surface area contributed by atoms with Gasteiger partial charge in [0.05, 0.1) is 4.90 Å². The van der Waals surface area contributed by atoms with E-state index in [1.165, 1.54) is 4.31 Å². The molecule has 1 amide bonds. The van der Waals surface area contributed by atoms with Crippen LogP contribution < -0.4 is 0 Å². The maximum absolute atomic E-state index is 12.9. The molecule has 0 atom stereocenters. The molecule has 3 rings (SSSR count). The van der Waals surface area contributed by atoms with Crippen LogP contribution in [-0.4, -0.2) is 49.7 Å². The van der Waals surface area contributed by atoms with Crippen molar-refractivity contribution in [3.05, 3.63) is 57.8 Å². The first kappa shape index (κ1) is 18.8. The molecule has 1 aliphatic heterocycles. The number of sulfonamides is 1. The zero-order valence-corrected chi connectivity index (χ0v) is 16.5. The average molecular weight is 391 g/mol. The molecule has 2 aromatic rings. The molecule has 0 saturated carbocycles. The Morgan fingerprint density at radius 2 is 1.85 bits per heavy atom. The summed E-state index contributed by atoms with van der Waals surface area (Å²) in [6, 6.07) is 7.31. The molecule has 0 N–H and O–H groups in total. The number of carbonyl (C=O) groups excluding carboxylic acids is 1. The van der Waals surface area contributed by atoms with Crippen LogP contribution in [0.5, 0.6) is 0 Å². The van der Waals surface area contributed by atoms with Crippen LogP contribution in [0.25, 0.3) is 6.08 Å². The second-order valence-corrected chi connectivity index (χ2v) is 9.07. The van der Waals surface area contributed by atoms with Gasteiger partial charge in [-0.05, 0) is 53.9 Å². The third kappa shape index (κ3) is 4.06. The van der Waals surface area contributed by atoms with Crippen LogP contribution in [0.15, 0.2) is 46.0 Å². The van der Waals surface area contributed by atoms with Gasteiger partial charge in [0.25, 0.3) is 0 Å². The molecule has 0 aliphatic carbocycles.